The zero-order chi connectivity index (χ0) is 16.7. The quantitative estimate of drug-likeness (QED) is 0.574. The molecule has 1 atom stereocenters. The van der Waals surface area contributed by atoms with Gasteiger partial charge in [-0.05, 0) is 6.42 Å². The molecule has 23 heavy (non-hydrogen) atoms. The summed E-state index contributed by atoms with van der Waals surface area (Å²) in [6.45, 7) is 0. The highest BCUT2D eigenvalue weighted by Gasteiger charge is 2.25. The van der Waals surface area contributed by atoms with Gasteiger partial charge in [-0.2, -0.15) is 0 Å². The van der Waals surface area contributed by atoms with Crippen LogP contribution in [-0.2, 0) is 14.3 Å². The zero-order valence-corrected chi connectivity index (χ0v) is 12.3. The SMILES string of the molecule is O=C([O-])CCC(=O)OC(C(=O)c1ccccc1)c1ccccc1. The summed E-state index contributed by atoms with van der Waals surface area (Å²) < 4.78 is 5.22. The largest absolute Gasteiger partial charge is 0.550 e. The first-order valence-electron chi connectivity index (χ1n) is 7.11. The molecule has 0 aliphatic rings. The van der Waals surface area contributed by atoms with Crippen LogP contribution in [0.1, 0.15) is 34.9 Å². The molecule has 0 saturated heterocycles. The van der Waals surface area contributed by atoms with Gasteiger partial charge in [0, 0.05) is 17.1 Å². The number of ether oxygens (including phenoxy) is 1. The predicted molar refractivity (Wildman–Crippen MR) is 80.3 cm³/mol. The fourth-order valence-corrected chi connectivity index (χ4v) is 2.05. The number of ketones is 1. The Hall–Kier alpha value is -2.95. The molecule has 0 N–H and O–H groups in total. The lowest BCUT2D eigenvalue weighted by Gasteiger charge is -2.17. The van der Waals surface area contributed by atoms with Gasteiger partial charge in [0.25, 0.3) is 0 Å². The number of esters is 1. The van der Waals surface area contributed by atoms with Crippen molar-refractivity contribution in [2.75, 3.05) is 0 Å². The van der Waals surface area contributed by atoms with E-state index in [1.165, 1.54) is 0 Å². The lowest BCUT2D eigenvalue weighted by atomic mass is 10.00. The van der Waals surface area contributed by atoms with Crippen LogP contribution >= 0.6 is 0 Å². The van der Waals surface area contributed by atoms with Gasteiger partial charge in [0.2, 0.25) is 5.78 Å². The van der Waals surface area contributed by atoms with E-state index in [2.05, 4.69) is 0 Å². The van der Waals surface area contributed by atoms with E-state index in [1.807, 2.05) is 0 Å². The third kappa shape index (κ3) is 4.78. The molecule has 0 amide bonds. The van der Waals surface area contributed by atoms with Crippen molar-refractivity contribution in [2.24, 2.45) is 0 Å². The van der Waals surface area contributed by atoms with Crippen molar-refractivity contribution < 1.29 is 24.2 Å². The third-order valence-corrected chi connectivity index (χ3v) is 3.18. The first-order chi connectivity index (χ1) is 11.1. The van der Waals surface area contributed by atoms with Gasteiger partial charge < -0.3 is 14.6 Å². The monoisotopic (exact) mass is 311 g/mol. The second-order valence-electron chi connectivity index (χ2n) is 4.88. The van der Waals surface area contributed by atoms with E-state index >= 15 is 0 Å². The van der Waals surface area contributed by atoms with E-state index in [0.29, 0.717) is 11.1 Å². The Balaban J connectivity index is 2.21. The number of hydrogen-bond acceptors (Lipinski definition) is 5. The fourth-order valence-electron chi connectivity index (χ4n) is 2.05. The maximum Gasteiger partial charge on any atom is 0.307 e. The van der Waals surface area contributed by atoms with Gasteiger partial charge in [0.1, 0.15) is 0 Å². The van der Waals surface area contributed by atoms with Crippen LogP contribution in [0, 0.1) is 0 Å². The molecule has 0 aliphatic carbocycles. The molecule has 5 nitrogen and oxygen atoms in total. The molecule has 2 rings (SSSR count). The van der Waals surface area contributed by atoms with E-state index in [-0.39, 0.29) is 12.2 Å². The highest BCUT2D eigenvalue weighted by atomic mass is 16.5. The Labute approximate surface area is 133 Å². The number of benzene rings is 2. The topological polar surface area (TPSA) is 83.5 Å². The fraction of sp³-hybridized carbons (Fsp3) is 0.167. The second-order valence-corrected chi connectivity index (χ2v) is 4.88. The number of carbonyl (C=O) groups excluding carboxylic acids is 3. The normalized spacial score (nSPS) is 11.5. The maximum absolute atomic E-state index is 12.6. The molecule has 0 bridgehead atoms. The maximum atomic E-state index is 12.6. The summed E-state index contributed by atoms with van der Waals surface area (Å²) in [7, 11) is 0. The Morgan fingerprint density at radius 1 is 0.870 bits per heavy atom. The lowest BCUT2D eigenvalue weighted by Crippen LogP contribution is -2.25. The molecule has 0 aliphatic heterocycles. The number of aliphatic carboxylic acids is 1. The number of Topliss-reactive ketones (excluding diaryl/α,β-unsaturated/α-hetero) is 1. The van der Waals surface area contributed by atoms with Gasteiger partial charge in [-0.1, -0.05) is 60.7 Å². The summed E-state index contributed by atoms with van der Waals surface area (Å²) >= 11 is 0. The van der Waals surface area contributed by atoms with Crippen molar-refractivity contribution in [1.82, 2.24) is 0 Å². The molecule has 0 fully saturated rings. The molecule has 0 spiro atoms. The molecule has 1 unspecified atom stereocenters. The second kappa shape index (κ2) is 7.89. The highest BCUT2D eigenvalue weighted by Crippen LogP contribution is 2.23. The molecule has 118 valence electrons. The lowest BCUT2D eigenvalue weighted by molar-refractivity contribution is -0.305. The van der Waals surface area contributed by atoms with E-state index in [1.54, 1.807) is 60.7 Å². The van der Waals surface area contributed by atoms with Crippen LogP contribution in [0.5, 0.6) is 0 Å². The molecule has 0 saturated carbocycles. The molecule has 0 heterocycles. The summed E-state index contributed by atoms with van der Waals surface area (Å²) in [5.74, 6) is -2.46. The van der Waals surface area contributed by atoms with Crippen molar-refractivity contribution in [3.63, 3.8) is 0 Å². The van der Waals surface area contributed by atoms with Gasteiger partial charge in [-0.15, -0.1) is 0 Å². The summed E-state index contributed by atoms with van der Waals surface area (Å²) in [6, 6.07) is 17.1. The smallest absolute Gasteiger partial charge is 0.307 e. The van der Waals surface area contributed by atoms with Crippen molar-refractivity contribution in [1.29, 1.82) is 0 Å². The first kappa shape index (κ1) is 16.4. The van der Waals surface area contributed by atoms with E-state index < -0.39 is 24.5 Å². The van der Waals surface area contributed by atoms with Crippen LogP contribution in [-0.4, -0.2) is 17.7 Å². The van der Waals surface area contributed by atoms with Crippen molar-refractivity contribution in [2.45, 2.75) is 18.9 Å². The highest BCUT2D eigenvalue weighted by molar-refractivity contribution is 6.01. The summed E-state index contributed by atoms with van der Waals surface area (Å²) in [4.78, 5) is 34.8. The van der Waals surface area contributed by atoms with E-state index in [9.17, 15) is 19.5 Å². The van der Waals surface area contributed by atoms with Crippen LogP contribution in [0.25, 0.3) is 0 Å². The molecular formula is C18H15O5-. The number of carboxylic acids is 1. The van der Waals surface area contributed by atoms with E-state index in [4.69, 9.17) is 4.74 Å². The molecule has 2 aromatic rings. The van der Waals surface area contributed by atoms with Gasteiger partial charge in [-0.25, -0.2) is 0 Å². The number of carbonyl (C=O) groups is 3. The predicted octanol–water partition coefficient (Wildman–Crippen LogP) is 1.68. The zero-order valence-electron chi connectivity index (χ0n) is 12.3. The standard InChI is InChI=1S/C18H16O5/c19-15(20)11-12-16(21)23-18(14-9-5-2-6-10-14)17(22)13-7-3-1-4-8-13/h1-10,18H,11-12H2,(H,19,20)/p-1. The van der Waals surface area contributed by atoms with Crippen LogP contribution in [0.3, 0.4) is 0 Å². The summed E-state index contributed by atoms with van der Waals surface area (Å²) in [5.41, 5.74) is 0.942. The van der Waals surface area contributed by atoms with Gasteiger partial charge in [-0.3, -0.25) is 9.59 Å². The minimum atomic E-state index is -1.34. The average molecular weight is 311 g/mol. The Morgan fingerprint density at radius 3 is 2.00 bits per heavy atom. The van der Waals surface area contributed by atoms with Crippen LogP contribution in [0.15, 0.2) is 60.7 Å². The molecular weight excluding hydrogens is 296 g/mol. The minimum absolute atomic E-state index is 0.340. The number of hydrogen-bond donors (Lipinski definition) is 0. The van der Waals surface area contributed by atoms with Crippen LogP contribution < -0.4 is 5.11 Å². The van der Waals surface area contributed by atoms with Gasteiger partial charge in [0.15, 0.2) is 6.10 Å². The molecule has 0 aromatic heterocycles. The molecule has 2 aromatic carbocycles. The van der Waals surface area contributed by atoms with Crippen molar-refractivity contribution in [3.05, 3.63) is 71.8 Å². The van der Waals surface area contributed by atoms with Crippen LogP contribution in [0.2, 0.25) is 0 Å². The van der Waals surface area contributed by atoms with Crippen LogP contribution in [0.4, 0.5) is 0 Å². The molecule has 5 heteroatoms. The third-order valence-electron chi connectivity index (χ3n) is 3.18. The number of rotatable bonds is 7. The van der Waals surface area contributed by atoms with Crippen molar-refractivity contribution >= 4 is 17.7 Å². The minimum Gasteiger partial charge on any atom is -0.550 e. The Kier molecular flexibility index (Phi) is 5.63. The van der Waals surface area contributed by atoms with E-state index in [0.717, 1.165) is 0 Å². The summed E-state index contributed by atoms with van der Waals surface area (Å²) in [6.07, 6.45) is -1.89. The first-order valence-corrected chi connectivity index (χ1v) is 7.11. The average Bonchev–Trinajstić information content (AvgIpc) is 2.59. The van der Waals surface area contributed by atoms with Gasteiger partial charge >= 0.3 is 5.97 Å². The van der Waals surface area contributed by atoms with Gasteiger partial charge in [0.05, 0.1) is 6.42 Å². The Bertz CT molecular complexity index is 679. The van der Waals surface area contributed by atoms with Crippen molar-refractivity contribution in [3.8, 4) is 0 Å². The Morgan fingerprint density at radius 2 is 1.43 bits per heavy atom. The summed E-state index contributed by atoms with van der Waals surface area (Å²) in [5, 5.41) is 10.4. The molecule has 0 radical (unpaired) electrons. The number of carboxylic acid groups (broad SMARTS) is 1.